The van der Waals surface area contributed by atoms with Gasteiger partial charge in [-0.25, -0.2) is 4.39 Å². The molecule has 1 aromatic carbocycles. The molecule has 2 aromatic rings. The monoisotopic (exact) mass is 367 g/mol. The second kappa shape index (κ2) is 8.17. The number of hydrogen-bond acceptors (Lipinski definition) is 3. The Balaban J connectivity index is 1.54. The quantitative estimate of drug-likeness (QED) is 0.863. The van der Waals surface area contributed by atoms with Crippen molar-refractivity contribution in [2.75, 3.05) is 11.4 Å². The maximum absolute atomic E-state index is 14.4. The lowest BCUT2D eigenvalue weighted by Crippen LogP contribution is -2.54. The first-order chi connectivity index (χ1) is 13.2. The van der Waals surface area contributed by atoms with Gasteiger partial charge in [0.25, 0.3) is 0 Å². The molecule has 1 saturated carbocycles. The van der Waals surface area contributed by atoms with Crippen LogP contribution in [0.1, 0.15) is 55.7 Å². The first-order valence-electron chi connectivity index (χ1n) is 9.96. The number of anilines is 1. The number of rotatable bonds is 5. The number of aromatic nitrogens is 1. The third-order valence-corrected chi connectivity index (χ3v) is 5.74. The summed E-state index contributed by atoms with van der Waals surface area (Å²) in [6.45, 7) is 1.16. The van der Waals surface area contributed by atoms with E-state index in [0.29, 0.717) is 18.2 Å². The van der Waals surface area contributed by atoms with E-state index in [4.69, 9.17) is 0 Å². The van der Waals surface area contributed by atoms with Crippen LogP contribution in [0.4, 0.5) is 10.1 Å². The van der Waals surface area contributed by atoms with Gasteiger partial charge in [-0.2, -0.15) is 0 Å². The van der Waals surface area contributed by atoms with Crippen LogP contribution in [-0.4, -0.2) is 23.5 Å². The molecule has 1 aliphatic heterocycles. The van der Waals surface area contributed by atoms with Crippen LogP contribution in [0.25, 0.3) is 0 Å². The van der Waals surface area contributed by atoms with Gasteiger partial charge in [-0.1, -0.05) is 37.5 Å². The van der Waals surface area contributed by atoms with Gasteiger partial charge >= 0.3 is 0 Å². The van der Waals surface area contributed by atoms with E-state index in [1.165, 1.54) is 38.2 Å². The summed E-state index contributed by atoms with van der Waals surface area (Å²) in [5, 5.41) is 3.12. The van der Waals surface area contributed by atoms with E-state index >= 15 is 0 Å². The molecule has 1 saturated heterocycles. The lowest BCUT2D eigenvalue weighted by molar-refractivity contribution is -0.122. The van der Waals surface area contributed by atoms with Gasteiger partial charge in [0.15, 0.2) is 0 Å². The fraction of sp³-hybridized carbons (Fsp3) is 0.455. The zero-order valence-electron chi connectivity index (χ0n) is 15.5. The van der Waals surface area contributed by atoms with E-state index in [2.05, 4.69) is 16.4 Å². The van der Waals surface area contributed by atoms with Crippen LogP contribution in [0.5, 0.6) is 0 Å². The molecule has 1 amide bonds. The number of benzene rings is 1. The molecule has 4 rings (SSSR count). The predicted octanol–water partition coefficient (Wildman–Crippen LogP) is 4.16. The van der Waals surface area contributed by atoms with E-state index in [0.717, 1.165) is 24.2 Å². The molecule has 0 spiro atoms. The van der Waals surface area contributed by atoms with Gasteiger partial charge in [0.1, 0.15) is 5.82 Å². The molecule has 5 heteroatoms. The highest BCUT2D eigenvalue weighted by molar-refractivity contribution is 5.97. The molecular weight excluding hydrogens is 341 g/mol. The average molecular weight is 367 g/mol. The van der Waals surface area contributed by atoms with Crippen molar-refractivity contribution in [2.24, 2.45) is 0 Å². The smallest absolute Gasteiger partial charge is 0.244 e. The molecule has 4 nitrogen and oxygen atoms in total. The summed E-state index contributed by atoms with van der Waals surface area (Å²) >= 11 is 0. The van der Waals surface area contributed by atoms with Gasteiger partial charge < -0.3 is 10.2 Å². The fourth-order valence-electron chi connectivity index (χ4n) is 3.99. The largest absolute Gasteiger partial charge is 0.306 e. The third-order valence-electron chi connectivity index (χ3n) is 5.74. The molecule has 2 heterocycles. The molecule has 0 unspecified atom stereocenters. The maximum Gasteiger partial charge on any atom is 0.244 e. The number of carbonyl (C=O) groups excluding carboxylic acids is 1. The Morgan fingerprint density at radius 2 is 1.89 bits per heavy atom. The van der Waals surface area contributed by atoms with E-state index in [-0.39, 0.29) is 17.8 Å². The first-order valence-corrected chi connectivity index (χ1v) is 9.96. The van der Waals surface area contributed by atoms with E-state index in [1.54, 1.807) is 23.1 Å². The van der Waals surface area contributed by atoms with Crippen LogP contribution in [0.2, 0.25) is 0 Å². The van der Waals surface area contributed by atoms with Crippen LogP contribution in [-0.2, 0) is 11.3 Å². The van der Waals surface area contributed by atoms with Gasteiger partial charge in [-0.3, -0.25) is 9.78 Å². The minimum Gasteiger partial charge on any atom is -0.306 e. The maximum atomic E-state index is 14.4. The minimum absolute atomic E-state index is 0.0808. The zero-order chi connectivity index (χ0) is 18.6. The number of para-hydroxylation sites is 1. The molecule has 142 valence electrons. The Hall–Kier alpha value is -2.27. The number of carbonyl (C=O) groups is 1. The number of halogens is 1. The summed E-state index contributed by atoms with van der Waals surface area (Å²) in [4.78, 5) is 19.1. The topological polar surface area (TPSA) is 45.2 Å². The standard InChI is InChI=1S/C22H26FN3O/c23-18-8-4-5-9-21(18)26(22(27)20-12-13-24-20)15-16-10-11-19(25-14-16)17-6-2-1-3-7-17/h4-5,8-11,14,17,20,24H,1-3,6-7,12-13,15H2/t20-/m1/s1. The molecular formula is C22H26FN3O. The molecule has 2 fully saturated rings. The molecule has 1 N–H and O–H groups in total. The van der Waals surface area contributed by atoms with Crippen LogP contribution < -0.4 is 10.2 Å². The summed E-state index contributed by atoms with van der Waals surface area (Å²) in [6, 6.07) is 10.4. The fourth-order valence-corrected chi connectivity index (χ4v) is 3.99. The Morgan fingerprint density at radius 3 is 2.52 bits per heavy atom. The summed E-state index contributed by atoms with van der Waals surface area (Å²) in [5.74, 6) is 0.0935. The van der Waals surface area contributed by atoms with Gasteiger partial charge in [0.05, 0.1) is 18.3 Å². The zero-order valence-corrected chi connectivity index (χ0v) is 15.5. The van der Waals surface area contributed by atoms with Crippen LogP contribution in [0, 0.1) is 5.82 Å². The van der Waals surface area contributed by atoms with Crippen molar-refractivity contribution in [1.82, 2.24) is 10.3 Å². The lowest BCUT2D eigenvalue weighted by atomic mass is 9.86. The summed E-state index contributed by atoms with van der Waals surface area (Å²) < 4.78 is 14.4. The highest BCUT2D eigenvalue weighted by Crippen LogP contribution is 2.31. The van der Waals surface area contributed by atoms with Crippen molar-refractivity contribution >= 4 is 11.6 Å². The third kappa shape index (κ3) is 4.03. The second-order valence-corrected chi connectivity index (χ2v) is 7.60. The van der Waals surface area contributed by atoms with Crippen LogP contribution in [0.3, 0.4) is 0 Å². The molecule has 1 aromatic heterocycles. The highest BCUT2D eigenvalue weighted by atomic mass is 19.1. The van der Waals surface area contributed by atoms with E-state index < -0.39 is 0 Å². The number of nitrogens with zero attached hydrogens (tertiary/aromatic N) is 2. The normalized spacial score (nSPS) is 20.1. The molecule has 0 radical (unpaired) electrons. The SMILES string of the molecule is O=C([C@H]1CCN1)N(Cc1ccc(C2CCCCC2)nc1)c1ccccc1F. The van der Waals surface area contributed by atoms with Crippen molar-refractivity contribution in [1.29, 1.82) is 0 Å². The summed E-state index contributed by atoms with van der Waals surface area (Å²) in [7, 11) is 0. The lowest BCUT2D eigenvalue weighted by Gasteiger charge is -2.33. The predicted molar refractivity (Wildman–Crippen MR) is 104 cm³/mol. The molecule has 2 aliphatic rings. The van der Waals surface area contributed by atoms with Gasteiger partial charge in [-0.05, 0) is 49.6 Å². The number of pyridine rings is 1. The Bertz CT molecular complexity index is 782. The van der Waals surface area contributed by atoms with Crippen molar-refractivity contribution < 1.29 is 9.18 Å². The highest BCUT2D eigenvalue weighted by Gasteiger charge is 2.31. The Labute approximate surface area is 159 Å². The number of nitrogens with one attached hydrogen (secondary N) is 1. The number of amides is 1. The van der Waals surface area contributed by atoms with Gasteiger partial charge in [0, 0.05) is 17.8 Å². The number of hydrogen-bond donors (Lipinski definition) is 1. The Morgan fingerprint density at radius 1 is 1.11 bits per heavy atom. The summed E-state index contributed by atoms with van der Waals surface area (Å²) in [6.07, 6.45) is 8.93. The average Bonchev–Trinajstić information content (AvgIpc) is 2.66. The summed E-state index contributed by atoms with van der Waals surface area (Å²) in [5.41, 5.74) is 2.39. The van der Waals surface area contributed by atoms with Gasteiger partial charge in [-0.15, -0.1) is 0 Å². The van der Waals surface area contributed by atoms with E-state index in [1.807, 2.05) is 12.3 Å². The molecule has 27 heavy (non-hydrogen) atoms. The Kier molecular flexibility index (Phi) is 5.48. The molecule has 1 atom stereocenters. The minimum atomic E-state index is -0.378. The van der Waals surface area contributed by atoms with Crippen molar-refractivity contribution in [3.8, 4) is 0 Å². The van der Waals surface area contributed by atoms with Crippen molar-refractivity contribution in [3.05, 3.63) is 59.7 Å². The molecule has 1 aliphatic carbocycles. The van der Waals surface area contributed by atoms with Gasteiger partial charge in [0.2, 0.25) is 5.91 Å². The first kappa shape index (κ1) is 18.1. The van der Waals surface area contributed by atoms with Crippen LogP contribution in [0.15, 0.2) is 42.6 Å². The van der Waals surface area contributed by atoms with Crippen LogP contribution >= 0.6 is 0 Å². The second-order valence-electron chi connectivity index (χ2n) is 7.60. The van der Waals surface area contributed by atoms with Crippen molar-refractivity contribution in [3.63, 3.8) is 0 Å². The molecule has 0 bridgehead atoms. The van der Waals surface area contributed by atoms with E-state index in [9.17, 15) is 9.18 Å². The van der Waals surface area contributed by atoms with Crippen molar-refractivity contribution in [2.45, 2.75) is 57.0 Å².